The molecule has 3 atom stereocenters. The van der Waals surface area contributed by atoms with E-state index in [9.17, 15) is 4.39 Å². The molecule has 3 unspecified atom stereocenters. The first-order chi connectivity index (χ1) is 8.63. The Kier molecular flexibility index (Phi) is 5.38. The van der Waals surface area contributed by atoms with Crippen molar-refractivity contribution >= 4 is 39.5 Å². The van der Waals surface area contributed by atoms with Gasteiger partial charge in [-0.1, -0.05) is 22.9 Å². The van der Waals surface area contributed by atoms with Crippen LogP contribution in [-0.4, -0.2) is 22.0 Å². The molecule has 0 radical (unpaired) electrons. The fraction of sp³-hybridized carbons (Fsp3) is 0.500. The highest BCUT2D eigenvalue weighted by atomic mass is 79.9. The van der Waals surface area contributed by atoms with Gasteiger partial charge in [0.15, 0.2) is 0 Å². The highest BCUT2D eigenvalue weighted by molar-refractivity contribution is 9.10. The molecule has 1 fully saturated rings. The highest BCUT2D eigenvalue weighted by Crippen LogP contribution is 2.39. The van der Waals surface area contributed by atoms with Gasteiger partial charge in [0, 0.05) is 32.0 Å². The van der Waals surface area contributed by atoms with Crippen LogP contribution < -0.4 is 11.3 Å². The number of hydrogen-bond donors (Lipinski definition) is 2. The Morgan fingerprint density at radius 2 is 2.17 bits per heavy atom. The summed E-state index contributed by atoms with van der Waals surface area (Å²) in [5.41, 5.74) is 3.43. The van der Waals surface area contributed by atoms with Crippen LogP contribution in [0.2, 0.25) is 0 Å². The summed E-state index contributed by atoms with van der Waals surface area (Å²) in [5.74, 6) is 7.70. The van der Waals surface area contributed by atoms with E-state index in [0.717, 1.165) is 16.0 Å². The number of benzene rings is 1. The van der Waals surface area contributed by atoms with Gasteiger partial charge in [-0.25, -0.2) is 4.39 Å². The predicted octanol–water partition coefficient (Wildman–Crippen LogP) is 3.33. The van der Waals surface area contributed by atoms with Gasteiger partial charge in [-0.15, -0.1) is 0 Å². The van der Waals surface area contributed by atoms with E-state index in [2.05, 4.69) is 28.3 Å². The Bertz CT molecular complexity index is 419. The number of rotatable bonds is 3. The van der Waals surface area contributed by atoms with Crippen LogP contribution in [0.25, 0.3) is 0 Å². The molecule has 1 aliphatic rings. The van der Waals surface area contributed by atoms with Crippen molar-refractivity contribution in [2.24, 2.45) is 5.84 Å². The second-order valence-corrected chi connectivity index (χ2v) is 7.91. The van der Waals surface area contributed by atoms with Crippen molar-refractivity contribution in [1.82, 2.24) is 5.43 Å². The Hall–Kier alpha value is 0.250. The van der Waals surface area contributed by atoms with Crippen molar-refractivity contribution < 1.29 is 4.39 Å². The van der Waals surface area contributed by atoms with E-state index in [1.807, 2.05) is 29.6 Å². The van der Waals surface area contributed by atoms with Crippen molar-refractivity contribution in [3.05, 3.63) is 34.1 Å². The second-order valence-electron chi connectivity index (χ2n) is 4.22. The maximum Gasteiger partial charge on any atom is 0.128 e. The van der Waals surface area contributed by atoms with Gasteiger partial charge in [-0.3, -0.25) is 11.3 Å². The van der Waals surface area contributed by atoms with E-state index in [-0.39, 0.29) is 17.1 Å². The molecule has 0 saturated carbocycles. The van der Waals surface area contributed by atoms with Crippen LogP contribution in [0.4, 0.5) is 4.39 Å². The molecule has 100 valence electrons. The lowest BCUT2D eigenvalue weighted by Gasteiger charge is -2.34. The maximum atomic E-state index is 14.0. The molecule has 0 bridgehead atoms. The monoisotopic (exact) mass is 350 g/mol. The fourth-order valence-corrected chi connectivity index (χ4v) is 5.43. The zero-order valence-corrected chi connectivity index (χ0v) is 13.2. The summed E-state index contributed by atoms with van der Waals surface area (Å²) < 4.78 is 14.8. The topological polar surface area (TPSA) is 38.0 Å². The number of hydrazine groups is 1. The summed E-state index contributed by atoms with van der Waals surface area (Å²) in [6.45, 7) is 2.18. The first-order valence-electron chi connectivity index (χ1n) is 5.77. The first kappa shape index (κ1) is 14.7. The molecule has 1 saturated heterocycles. The van der Waals surface area contributed by atoms with Gasteiger partial charge in [-0.05, 0) is 18.2 Å². The molecular weight excluding hydrogens is 335 g/mol. The molecule has 0 amide bonds. The van der Waals surface area contributed by atoms with Crippen molar-refractivity contribution in [1.29, 1.82) is 0 Å². The SMILES string of the molecule is CC1SCCSC1C(NN)c1cc(Br)ccc1F. The Balaban J connectivity index is 2.29. The van der Waals surface area contributed by atoms with E-state index in [1.165, 1.54) is 6.07 Å². The van der Waals surface area contributed by atoms with E-state index >= 15 is 0 Å². The smallest absolute Gasteiger partial charge is 0.128 e. The van der Waals surface area contributed by atoms with E-state index < -0.39 is 0 Å². The van der Waals surface area contributed by atoms with Crippen molar-refractivity contribution in [3.63, 3.8) is 0 Å². The summed E-state index contributed by atoms with van der Waals surface area (Å²) in [6, 6.07) is 4.84. The highest BCUT2D eigenvalue weighted by Gasteiger charge is 2.32. The molecule has 1 aromatic rings. The van der Waals surface area contributed by atoms with Gasteiger partial charge < -0.3 is 0 Å². The van der Waals surface area contributed by atoms with Crippen LogP contribution in [0.1, 0.15) is 18.5 Å². The van der Waals surface area contributed by atoms with Crippen LogP contribution >= 0.6 is 39.5 Å². The van der Waals surface area contributed by atoms with Crippen molar-refractivity contribution in [3.8, 4) is 0 Å². The average molecular weight is 351 g/mol. The average Bonchev–Trinajstić information content (AvgIpc) is 2.36. The summed E-state index contributed by atoms with van der Waals surface area (Å²) >= 11 is 7.18. The maximum absolute atomic E-state index is 14.0. The number of nitrogens with two attached hydrogens (primary N) is 1. The molecule has 1 aliphatic heterocycles. The molecule has 18 heavy (non-hydrogen) atoms. The van der Waals surface area contributed by atoms with Gasteiger partial charge in [0.25, 0.3) is 0 Å². The quantitative estimate of drug-likeness (QED) is 0.647. The zero-order valence-electron chi connectivity index (χ0n) is 10.0. The molecule has 1 heterocycles. The van der Waals surface area contributed by atoms with Gasteiger partial charge in [0.05, 0.1) is 6.04 Å². The van der Waals surface area contributed by atoms with Crippen LogP contribution in [0.3, 0.4) is 0 Å². The Morgan fingerprint density at radius 1 is 1.44 bits per heavy atom. The third kappa shape index (κ3) is 3.22. The molecule has 2 nitrogen and oxygen atoms in total. The van der Waals surface area contributed by atoms with Gasteiger partial charge in [0.2, 0.25) is 0 Å². The lowest BCUT2D eigenvalue weighted by molar-refractivity contribution is 0.493. The first-order valence-corrected chi connectivity index (χ1v) is 8.67. The molecule has 1 aromatic carbocycles. The molecular formula is C12H16BrFN2S2. The van der Waals surface area contributed by atoms with E-state index in [0.29, 0.717) is 10.8 Å². The summed E-state index contributed by atoms with van der Waals surface area (Å²) in [7, 11) is 0. The minimum atomic E-state index is -0.204. The minimum Gasteiger partial charge on any atom is -0.271 e. The van der Waals surface area contributed by atoms with Gasteiger partial charge >= 0.3 is 0 Å². The summed E-state index contributed by atoms with van der Waals surface area (Å²) in [4.78, 5) is 0. The number of nitrogens with one attached hydrogen (secondary N) is 1. The molecule has 0 aliphatic carbocycles. The van der Waals surface area contributed by atoms with Crippen LogP contribution in [0.5, 0.6) is 0 Å². The third-order valence-electron chi connectivity index (χ3n) is 3.04. The van der Waals surface area contributed by atoms with Gasteiger partial charge in [0.1, 0.15) is 5.82 Å². The normalized spacial score (nSPS) is 26.0. The molecule has 3 N–H and O–H groups in total. The van der Waals surface area contributed by atoms with Crippen LogP contribution in [0.15, 0.2) is 22.7 Å². The second kappa shape index (κ2) is 6.61. The van der Waals surface area contributed by atoms with Crippen molar-refractivity contribution in [2.45, 2.75) is 23.5 Å². The molecule has 0 aromatic heterocycles. The van der Waals surface area contributed by atoms with E-state index in [4.69, 9.17) is 5.84 Å². The van der Waals surface area contributed by atoms with Crippen molar-refractivity contribution in [2.75, 3.05) is 11.5 Å². The number of halogens is 2. The number of thioether (sulfide) groups is 2. The Morgan fingerprint density at radius 3 is 2.83 bits per heavy atom. The molecule has 6 heteroatoms. The molecule has 0 spiro atoms. The van der Waals surface area contributed by atoms with Gasteiger partial charge in [-0.2, -0.15) is 23.5 Å². The Labute approximate surface area is 124 Å². The largest absolute Gasteiger partial charge is 0.271 e. The van der Waals surface area contributed by atoms with Crippen LogP contribution in [0, 0.1) is 5.82 Å². The lowest BCUT2D eigenvalue weighted by Crippen LogP contribution is -2.41. The fourth-order valence-electron chi connectivity index (χ4n) is 2.13. The van der Waals surface area contributed by atoms with Crippen LogP contribution in [-0.2, 0) is 0 Å². The molecule has 2 rings (SSSR count). The van der Waals surface area contributed by atoms with E-state index in [1.54, 1.807) is 6.07 Å². The summed E-state index contributed by atoms with van der Waals surface area (Å²) in [6.07, 6.45) is 0. The minimum absolute atomic E-state index is 0.157. The number of hydrogen-bond acceptors (Lipinski definition) is 4. The standard InChI is InChI=1S/C12H16BrFN2S2/c1-7-12(18-5-4-17-7)11(16-15)9-6-8(13)2-3-10(9)14/h2-3,6-7,11-12,16H,4-5,15H2,1H3. The summed E-state index contributed by atoms with van der Waals surface area (Å²) in [5, 5.41) is 0.751. The lowest BCUT2D eigenvalue weighted by atomic mass is 10.0. The zero-order chi connectivity index (χ0) is 13.1. The third-order valence-corrected chi connectivity index (χ3v) is 6.73. The predicted molar refractivity (Wildman–Crippen MR) is 82.3 cm³/mol.